The van der Waals surface area contributed by atoms with Crippen LogP contribution in [-0.2, 0) is 30.5 Å². The molecule has 2 heterocycles. The normalized spacial score (nSPS) is 11.8. The number of carbonyl (C=O) groups excluding carboxylic acids is 1. The average Bonchev–Trinajstić information content (AvgIpc) is 2.97. The van der Waals surface area contributed by atoms with Crippen LogP contribution in [0.15, 0.2) is 39.0 Å². The Kier molecular flexibility index (Phi) is 4.26. The number of nitrogens with two attached hydrogens (primary N) is 1. The van der Waals surface area contributed by atoms with E-state index < -0.39 is 33.4 Å². The van der Waals surface area contributed by atoms with E-state index in [1.54, 1.807) is 24.3 Å². The van der Waals surface area contributed by atoms with E-state index in [-0.39, 0.29) is 16.5 Å². The van der Waals surface area contributed by atoms with Gasteiger partial charge in [0.25, 0.3) is 5.56 Å². The van der Waals surface area contributed by atoms with Crippen molar-refractivity contribution in [2.75, 3.05) is 12.0 Å². The van der Waals surface area contributed by atoms with E-state index in [1.807, 2.05) is 0 Å². The van der Waals surface area contributed by atoms with E-state index in [2.05, 4.69) is 4.98 Å². The largest absolute Gasteiger partial charge is 0.384 e. The number of aromatic nitrogens is 4. The summed E-state index contributed by atoms with van der Waals surface area (Å²) >= 11 is 0. The smallest absolute Gasteiger partial charge is 0.332 e. The van der Waals surface area contributed by atoms with Gasteiger partial charge in [0, 0.05) is 20.4 Å². The molecule has 11 heteroatoms. The summed E-state index contributed by atoms with van der Waals surface area (Å²) in [6.07, 6.45) is 0.981. The molecule has 0 radical (unpaired) electrons. The highest BCUT2D eigenvalue weighted by Gasteiger charge is 2.25. The van der Waals surface area contributed by atoms with Gasteiger partial charge in [-0.2, -0.15) is 0 Å². The molecule has 0 saturated heterocycles. The third-order valence-electron chi connectivity index (χ3n) is 4.24. The first-order chi connectivity index (χ1) is 12.5. The second kappa shape index (κ2) is 6.20. The lowest BCUT2D eigenvalue weighted by molar-refractivity contribution is 0.0968. The molecule has 0 aliphatic carbocycles. The number of fused-ring (bicyclic) bond motifs is 1. The molecule has 2 aromatic heterocycles. The minimum atomic E-state index is -3.74. The van der Waals surface area contributed by atoms with E-state index in [9.17, 15) is 22.8 Å². The van der Waals surface area contributed by atoms with Crippen LogP contribution in [-0.4, -0.2) is 39.1 Å². The molecule has 1 aromatic carbocycles. The van der Waals surface area contributed by atoms with Gasteiger partial charge in [0.2, 0.25) is 15.0 Å². The molecule has 142 valence electrons. The molecule has 10 nitrogen and oxygen atoms in total. The highest BCUT2D eigenvalue weighted by atomic mass is 32.2. The SMILES string of the molecule is Cn1c(N)c(C(=O)Cn2c(S(C)(=O)=O)nc3ccccc32)c(=O)n(C)c1=O. The molecule has 0 amide bonds. The van der Waals surface area contributed by atoms with Gasteiger partial charge in [-0.25, -0.2) is 18.2 Å². The first-order valence-corrected chi connectivity index (χ1v) is 9.67. The van der Waals surface area contributed by atoms with Gasteiger partial charge >= 0.3 is 5.69 Å². The number of nitrogens with zero attached hydrogens (tertiary/aromatic N) is 4. The number of ketones is 1. The Morgan fingerprint density at radius 1 is 1.15 bits per heavy atom. The molecule has 0 aliphatic heterocycles. The Morgan fingerprint density at radius 2 is 1.78 bits per heavy atom. The van der Waals surface area contributed by atoms with Gasteiger partial charge in [0.1, 0.15) is 11.4 Å². The maximum atomic E-state index is 12.8. The van der Waals surface area contributed by atoms with Crippen molar-refractivity contribution in [1.82, 2.24) is 18.7 Å². The zero-order chi connectivity index (χ0) is 20.1. The number of rotatable bonds is 4. The van der Waals surface area contributed by atoms with Crippen LogP contribution < -0.4 is 17.0 Å². The number of sulfone groups is 1. The third kappa shape index (κ3) is 2.95. The number of anilines is 1. The molecule has 27 heavy (non-hydrogen) atoms. The summed E-state index contributed by atoms with van der Waals surface area (Å²) in [6, 6.07) is 6.60. The maximum Gasteiger partial charge on any atom is 0.332 e. The lowest BCUT2D eigenvalue weighted by Crippen LogP contribution is -2.42. The molecule has 3 aromatic rings. The summed E-state index contributed by atoms with van der Waals surface area (Å²) < 4.78 is 27.2. The lowest BCUT2D eigenvalue weighted by atomic mass is 10.2. The lowest BCUT2D eigenvalue weighted by Gasteiger charge is -2.12. The van der Waals surface area contributed by atoms with Gasteiger partial charge in [0.05, 0.1) is 17.6 Å². The molecule has 0 aliphatic rings. The van der Waals surface area contributed by atoms with Gasteiger partial charge in [-0.15, -0.1) is 0 Å². The van der Waals surface area contributed by atoms with Crippen molar-refractivity contribution < 1.29 is 13.2 Å². The number of hydrogen-bond donors (Lipinski definition) is 1. The second-order valence-electron chi connectivity index (χ2n) is 6.13. The van der Waals surface area contributed by atoms with Crippen LogP contribution in [0.3, 0.4) is 0 Å². The molecule has 0 unspecified atom stereocenters. The summed E-state index contributed by atoms with van der Waals surface area (Å²) in [7, 11) is -1.17. The fourth-order valence-electron chi connectivity index (χ4n) is 2.83. The van der Waals surface area contributed by atoms with Crippen LogP contribution in [0.4, 0.5) is 5.82 Å². The van der Waals surface area contributed by atoms with Crippen LogP contribution in [0, 0.1) is 0 Å². The predicted molar refractivity (Wildman–Crippen MR) is 98.5 cm³/mol. The van der Waals surface area contributed by atoms with Crippen molar-refractivity contribution in [3.63, 3.8) is 0 Å². The molecular weight excluding hydrogens is 374 g/mol. The number of Topliss-reactive ketones (excluding diaryl/α,β-unsaturated/α-hetero) is 1. The quantitative estimate of drug-likeness (QED) is 0.580. The van der Waals surface area contributed by atoms with E-state index in [1.165, 1.54) is 18.7 Å². The minimum Gasteiger partial charge on any atom is -0.384 e. The molecule has 0 spiro atoms. The van der Waals surface area contributed by atoms with E-state index in [4.69, 9.17) is 5.73 Å². The topological polar surface area (TPSA) is 139 Å². The number of carbonyl (C=O) groups is 1. The highest BCUT2D eigenvalue weighted by Crippen LogP contribution is 2.20. The second-order valence-corrected chi connectivity index (χ2v) is 8.04. The molecular formula is C16H17N5O5S. The van der Waals surface area contributed by atoms with Gasteiger partial charge in [-0.05, 0) is 12.1 Å². The number of hydrogen-bond acceptors (Lipinski definition) is 7. The summed E-state index contributed by atoms with van der Waals surface area (Å²) in [5, 5.41) is -0.294. The summed E-state index contributed by atoms with van der Waals surface area (Å²) in [5.74, 6) is -1.00. The zero-order valence-electron chi connectivity index (χ0n) is 14.8. The van der Waals surface area contributed by atoms with Crippen molar-refractivity contribution in [2.45, 2.75) is 11.7 Å². The average molecular weight is 391 g/mol. The van der Waals surface area contributed by atoms with Crippen LogP contribution in [0.25, 0.3) is 11.0 Å². The zero-order valence-corrected chi connectivity index (χ0v) is 15.6. The number of imidazole rings is 1. The standard InChI is InChI=1S/C16H17N5O5S/c1-19-13(17)12(14(23)20(2)16(19)24)11(22)8-21-10-7-5-4-6-9(10)18-15(21)27(3,25)26/h4-7H,8,17H2,1-3H3. The Hall–Kier alpha value is -3.21. The van der Waals surface area contributed by atoms with Crippen molar-refractivity contribution in [3.05, 3.63) is 50.7 Å². The fraction of sp³-hybridized carbons (Fsp3) is 0.250. The van der Waals surface area contributed by atoms with Crippen LogP contribution in [0.1, 0.15) is 10.4 Å². The van der Waals surface area contributed by atoms with Crippen molar-refractivity contribution in [2.24, 2.45) is 14.1 Å². The summed E-state index contributed by atoms with van der Waals surface area (Å²) in [4.78, 5) is 41.2. The Morgan fingerprint density at radius 3 is 2.41 bits per heavy atom. The molecule has 0 fully saturated rings. The van der Waals surface area contributed by atoms with Gasteiger partial charge in [0.15, 0.2) is 5.78 Å². The Labute approximate surface area is 153 Å². The van der Waals surface area contributed by atoms with Gasteiger partial charge in [-0.3, -0.25) is 18.7 Å². The van der Waals surface area contributed by atoms with E-state index in [0.29, 0.717) is 11.0 Å². The van der Waals surface area contributed by atoms with Gasteiger partial charge in [-0.1, -0.05) is 12.1 Å². The first-order valence-electron chi connectivity index (χ1n) is 7.78. The van der Waals surface area contributed by atoms with Crippen LogP contribution in [0.2, 0.25) is 0 Å². The third-order valence-corrected chi connectivity index (χ3v) is 5.22. The van der Waals surface area contributed by atoms with Crippen molar-refractivity contribution in [1.29, 1.82) is 0 Å². The summed E-state index contributed by atoms with van der Waals surface area (Å²) in [5.41, 5.74) is 4.74. The number of para-hydroxylation sites is 2. The molecule has 0 saturated carbocycles. The monoisotopic (exact) mass is 391 g/mol. The molecule has 3 rings (SSSR count). The number of benzene rings is 1. The van der Waals surface area contributed by atoms with Gasteiger partial charge < -0.3 is 10.3 Å². The number of nitrogen functional groups attached to an aromatic ring is 1. The van der Waals surface area contributed by atoms with Crippen LogP contribution >= 0.6 is 0 Å². The Bertz CT molecular complexity index is 1310. The first kappa shape index (κ1) is 18.6. The van der Waals surface area contributed by atoms with Crippen LogP contribution in [0.5, 0.6) is 0 Å². The Balaban J connectivity index is 2.22. The van der Waals surface area contributed by atoms with E-state index >= 15 is 0 Å². The molecule has 0 atom stereocenters. The van der Waals surface area contributed by atoms with E-state index in [0.717, 1.165) is 15.4 Å². The minimum absolute atomic E-state index is 0.279. The van der Waals surface area contributed by atoms with Crippen molar-refractivity contribution >= 4 is 32.5 Å². The summed E-state index contributed by atoms with van der Waals surface area (Å²) in [6.45, 7) is -0.472. The molecule has 0 bridgehead atoms. The highest BCUT2D eigenvalue weighted by molar-refractivity contribution is 7.90. The maximum absolute atomic E-state index is 12.8. The fourth-order valence-corrected chi connectivity index (χ4v) is 3.66. The molecule has 2 N–H and O–H groups in total. The predicted octanol–water partition coefficient (Wildman–Crippen LogP) is -0.698. The van der Waals surface area contributed by atoms with Crippen molar-refractivity contribution in [3.8, 4) is 0 Å².